The van der Waals surface area contributed by atoms with E-state index in [9.17, 15) is 9.59 Å². The Kier molecular flexibility index (Phi) is 2.02. The van der Waals surface area contributed by atoms with Gasteiger partial charge in [-0.15, -0.1) is 0 Å². The van der Waals surface area contributed by atoms with Gasteiger partial charge < -0.3 is 5.32 Å². The molecule has 14 heavy (non-hydrogen) atoms. The molecule has 3 amide bonds. The van der Waals surface area contributed by atoms with E-state index < -0.39 is 5.54 Å². The van der Waals surface area contributed by atoms with E-state index in [0.717, 1.165) is 18.6 Å². The molecule has 2 N–H and O–H groups in total. The van der Waals surface area contributed by atoms with E-state index >= 15 is 0 Å². The van der Waals surface area contributed by atoms with Crippen LogP contribution in [0.3, 0.4) is 0 Å². The van der Waals surface area contributed by atoms with E-state index in [2.05, 4.69) is 15.6 Å². The maximum absolute atomic E-state index is 11.5. The molecular formula is C9H13N3O2. The van der Waals surface area contributed by atoms with Gasteiger partial charge in [0.05, 0.1) is 0 Å². The molecule has 0 atom stereocenters. The number of nitrogens with one attached hydrogen (secondary N) is 2. The predicted octanol–water partition coefficient (Wildman–Crippen LogP) is 0.209. The van der Waals surface area contributed by atoms with Crippen LogP contribution in [0.4, 0.5) is 4.79 Å². The Morgan fingerprint density at radius 2 is 1.93 bits per heavy atom. The summed E-state index contributed by atoms with van der Waals surface area (Å²) in [4.78, 5) is 26.6. The van der Waals surface area contributed by atoms with E-state index in [0.29, 0.717) is 12.8 Å². The Morgan fingerprint density at radius 3 is 2.36 bits per heavy atom. The number of rotatable bonds is 0. The van der Waals surface area contributed by atoms with E-state index in [4.69, 9.17) is 0 Å². The molecule has 0 aromatic heterocycles. The van der Waals surface area contributed by atoms with Crippen LogP contribution in [0.2, 0.25) is 0 Å². The summed E-state index contributed by atoms with van der Waals surface area (Å²) in [5.41, 5.74) is 0.482. The molecule has 0 radical (unpaired) electrons. The zero-order valence-corrected chi connectivity index (χ0v) is 8.09. The van der Waals surface area contributed by atoms with E-state index in [1.807, 2.05) is 0 Å². The first-order chi connectivity index (χ1) is 6.66. The third-order valence-corrected chi connectivity index (χ3v) is 3.01. The molecule has 1 saturated carbocycles. The van der Waals surface area contributed by atoms with Crippen molar-refractivity contribution in [2.45, 2.75) is 31.2 Å². The van der Waals surface area contributed by atoms with Gasteiger partial charge in [-0.1, -0.05) is 0 Å². The van der Waals surface area contributed by atoms with Crippen LogP contribution in [-0.2, 0) is 4.79 Å². The molecule has 0 aromatic rings. The highest BCUT2D eigenvalue weighted by atomic mass is 16.2. The lowest BCUT2D eigenvalue weighted by Crippen LogP contribution is -2.49. The van der Waals surface area contributed by atoms with Crippen LogP contribution < -0.4 is 10.6 Å². The van der Waals surface area contributed by atoms with Crippen molar-refractivity contribution >= 4 is 17.6 Å². The van der Waals surface area contributed by atoms with Crippen LogP contribution in [0.25, 0.3) is 0 Å². The molecule has 2 aliphatic rings. The molecule has 1 heterocycles. The molecule has 0 aromatic carbocycles. The second-order valence-corrected chi connectivity index (χ2v) is 3.78. The summed E-state index contributed by atoms with van der Waals surface area (Å²) in [6, 6.07) is -0.369. The average molecular weight is 195 g/mol. The number of nitrogens with zero attached hydrogens (tertiary/aromatic N) is 1. The minimum Gasteiger partial charge on any atom is -0.323 e. The van der Waals surface area contributed by atoms with Gasteiger partial charge in [-0.25, -0.2) is 4.79 Å². The van der Waals surface area contributed by atoms with Crippen molar-refractivity contribution in [2.24, 2.45) is 4.99 Å². The lowest BCUT2D eigenvalue weighted by atomic mass is 9.81. The van der Waals surface area contributed by atoms with Gasteiger partial charge in [0.15, 0.2) is 0 Å². The molecule has 1 spiro atoms. The molecule has 5 heteroatoms. The number of hydrogen-bond acceptors (Lipinski definition) is 3. The zero-order valence-electron chi connectivity index (χ0n) is 8.09. The van der Waals surface area contributed by atoms with Crippen molar-refractivity contribution in [2.75, 3.05) is 7.05 Å². The Labute approximate surface area is 82.0 Å². The molecule has 1 aliphatic heterocycles. The number of hydrogen-bond donors (Lipinski definition) is 2. The molecule has 0 unspecified atom stereocenters. The molecule has 5 nitrogen and oxygen atoms in total. The minimum absolute atomic E-state index is 0.183. The third kappa shape index (κ3) is 1.29. The number of aliphatic imine (C=N–C) groups is 1. The lowest BCUT2D eigenvalue weighted by Gasteiger charge is -2.30. The summed E-state index contributed by atoms with van der Waals surface area (Å²) in [5.74, 6) is -0.183. The van der Waals surface area contributed by atoms with Crippen LogP contribution in [-0.4, -0.2) is 30.2 Å². The molecule has 2 rings (SSSR count). The first-order valence-electron chi connectivity index (χ1n) is 4.74. The Hall–Kier alpha value is -1.39. The first-order valence-corrected chi connectivity index (χ1v) is 4.74. The van der Waals surface area contributed by atoms with Crippen LogP contribution >= 0.6 is 0 Å². The topological polar surface area (TPSA) is 70.6 Å². The van der Waals surface area contributed by atoms with E-state index in [1.165, 1.54) is 0 Å². The summed E-state index contributed by atoms with van der Waals surface area (Å²) in [7, 11) is 1.76. The Morgan fingerprint density at radius 1 is 1.29 bits per heavy atom. The first kappa shape index (κ1) is 9.18. The standard InChI is InChI=1S/C9H13N3O2/c1-10-6-2-4-9(5-3-6)7(13)11-8(14)12-9/h2-5H2,1H3,(H2,11,12,13,14). The minimum atomic E-state index is -0.648. The monoisotopic (exact) mass is 195 g/mol. The number of urea groups is 1. The highest BCUT2D eigenvalue weighted by Gasteiger charge is 2.47. The van der Waals surface area contributed by atoms with Crippen molar-refractivity contribution in [3.8, 4) is 0 Å². The summed E-state index contributed by atoms with van der Waals surface area (Å²) in [6.45, 7) is 0. The van der Waals surface area contributed by atoms with Crippen LogP contribution in [0, 0.1) is 0 Å². The van der Waals surface area contributed by atoms with Gasteiger partial charge in [0.2, 0.25) is 0 Å². The van der Waals surface area contributed by atoms with Crippen molar-refractivity contribution in [1.82, 2.24) is 10.6 Å². The van der Waals surface area contributed by atoms with Gasteiger partial charge in [0.25, 0.3) is 5.91 Å². The average Bonchev–Trinajstić information content (AvgIpc) is 2.43. The van der Waals surface area contributed by atoms with E-state index in [-0.39, 0.29) is 11.9 Å². The third-order valence-electron chi connectivity index (χ3n) is 3.01. The van der Waals surface area contributed by atoms with Crippen LogP contribution in [0.15, 0.2) is 4.99 Å². The second kappa shape index (κ2) is 3.08. The maximum Gasteiger partial charge on any atom is 0.322 e. The van der Waals surface area contributed by atoms with Gasteiger partial charge in [0, 0.05) is 12.8 Å². The van der Waals surface area contributed by atoms with Crippen molar-refractivity contribution in [1.29, 1.82) is 0 Å². The molecule has 0 bridgehead atoms. The van der Waals surface area contributed by atoms with Gasteiger partial charge >= 0.3 is 6.03 Å². The largest absolute Gasteiger partial charge is 0.323 e. The smallest absolute Gasteiger partial charge is 0.322 e. The fourth-order valence-electron chi connectivity index (χ4n) is 2.07. The zero-order chi connectivity index (χ0) is 10.2. The van der Waals surface area contributed by atoms with E-state index in [1.54, 1.807) is 7.05 Å². The van der Waals surface area contributed by atoms with Crippen molar-refractivity contribution < 1.29 is 9.59 Å². The highest BCUT2D eigenvalue weighted by molar-refractivity contribution is 6.08. The number of carbonyl (C=O) groups excluding carboxylic acids is 2. The van der Waals surface area contributed by atoms with Gasteiger partial charge in [-0.3, -0.25) is 15.1 Å². The summed E-state index contributed by atoms with van der Waals surface area (Å²) in [6.07, 6.45) is 2.92. The Bertz CT molecular complexity index is 312. The van der Waals surface area contributed by atoms with Gasteiger partial charge in [-0.2, -0.15) is 0 Å². The summed E-state index contributed by atoms with van der Waals surface area (Å²) in [5, 5.41) is 4.99. The second-order valence-electron chi connectivity index (χ2n) is 3.78. The molecule has 76 valence electrons. The number of imide groups is 1. The Balaban J connectivity index is 2.13. The maximum atomic E-state index is 11.5. The van der Waals surface area contributed by atoms with Gasteiger partial charge in [-0.05, 0) is 25.7 Å². The van der Waals surface area contributed by atoms with Gasteiger partial charge in [0.1, 0.15) is 5.54 Å². The fourth-order valence-corrected chi connectivity index (χ4v) is 2.07. The summed E-state index contributed by atoms with van der Waals surface area (Å²) >= 11 is 0. The molecular weight excluding hydrogens is 182 g/mol. The normalized spacial score (nSPS) is 31.6. The fraction of sp³-hybridized carbons (Fsp3) is 0.667. The quantitative estimate of drug-likeness (QED) is 0.542. The van der Waals surface area contributed by atoms with Crippen molar-refractivity contribution in [3.63, 3.8) is 0 Å². The van der Waals surface area contributed by atoms with Crippen molar-refractivity contribution in [3.05, 3.63) is 0 Å². The van der Waals surface area contributed by atoms with Crippen LogP contribution in [0.1, 0.15) is 25.7 Å². The molecule has 1 saturated heterocycles. The molecule has 2 fully saturated rings. The number of amides is 3. The SMILES string of the molecule is CN=C1CCC2(CC1)NC(=O)NC2=O. The lowest BCUT2D eigenvalue weighted by molar-refractivity contribution is -0.124. The predicted molar refractivity (Wildman–Crippen MR) is 51.2 cm³/mol. The highest BCUT2D eigenvalue weighted by Crippen LogP contribution is 2.29. The molecule has 1 aliphatic carbocycles. The summed E-state index contributed by atoms with van der Waals surface area (Å²) < 4.78 is 0. The van der Waals surface area contributed by atoms with Crippen LogP contribution in [0.5, 0.6) is 0 Å². The number of carbonyl (C=O) groups is 2.